The molecule has 3 amide bonds. The molecule has 4 aromatic rings. The highest BCUT2D eigenvalue weighted by atomic mass is 35.5. The van der Waals surface area contributed by atoms with Gasteiger partial charge in [0.25, 0.3) is 0 Å². The van der Waals surface area contributed by atoms with Gasteiger partial charge in [0, 0.05) is 46.3 Å². The summed E-state index contributed by atoms with van der Waals surface area (Å²) in [5.74, 6) is -3.26. The summed E-state index contributed by atoms with van der Waals surface area (Å²) in [5, 5.41) is 7.78. The zero-order valence-electron chi connectivity index (χ0n) is 21.2. The van der Waals surface area contributed by atoms with Crippen molar-refractivity contribution in [1.82, 2.24) is 10.3 Å². The number of anilines is 2. The third-order valence-corrected chi connectivity index (χ3v) is 8.38. The van der Waals surface area contributed by atoms with Crippen molar-refractivity contribution in [2.45, 2.75) is 24.9 Å². The number of nitrogens with zero attached hydrogens (tertiary/aromatic N) is 1. The molecule has 0 unspecified atom stereocenters. The second kappa shape index (κ2) is 8.77. The van der Waals surface area contributed by atoms with Crippen LogP contribution in [0.15, 0.2) is 72.9 Å². The molecule has 1 aromatic heterocycles. The van der Waals surface area contributed by atoms with Gasteiger partial charge in [-0.05, 0) is 60.5 Å². The molecule has 0 saturated carbocycles. The van der Waals surface area contributed by atoms with Crippen LogP contribution in [0.1, 0.15) is 18.1 Å². The van der Waals surface area contributed by atoms with Crippen molar-refractivity contribution < 1.29 is 23.9 Å². The number of amides is 3. The number of aromatic amines is 1. The molecule has 200 valence electrons. The second-order valence-electron chi connectivity index (χ2n) is 10.4. The van der Waals surface area contributed by atoms with Crippen LogP contribution in [0.2, 0.25) is 5.02 Å². The average Bonchev–Trinajstić information content (AvgIpc) is 3.64. The minimum absolute atomic E-state index is 0.296. The molecule has 9 nitrogen and oxygen atoms in total. The van der Waals surface area contributed by atoms with Gasteiger partial charge < -0.3 is 15.0 Å². The molecular formula is C30H23ClN4O5. The van der Waals surface area contributed by atoms with Crippen molar-refractivity contribution in [1.29, 1.82) is 0 Å². The number of esters is 1. The van der Waals surface area contributed by atoms with Gasteiger partial charge in [0.1, 0.15) is 11.3 Å². The maximum Gasteiger partial charge on any atom is 0.308 e. The number of ether oxygens (including phenoxy) is 1. The fourth-order valence-electron chi connectivity index (χ4n) is 6.57. The number of H-pyrrole nitrogens is 1. The Morgan fingerprint density at radius 2 is 1.80 bits per heavy atom. The predicted octanol–water partition coefficient (Wildman–Crippen LogP) is 3.91. The first-order valence-corrected chi connectivity index (χ1v) is 13.3. The fraction of sp³-hybridized carbons (Fsp3) is 0.200. The zero-order valence-corrected chi connectivity index (χ0v) is 22.0. The number of rotatable bonds is 4. The molecule has 4 heterocycles. The highest BCUT2D eigenvalue weighted by Gasteiger charge is 2.70. The van der Waals surface area contributed by atoms with Crippen molar-refractivity contribution in [2.75, 3.05) is 10.2 Å². The number of halogens is 1. The average molecular weight is 555 g/mol. The molecule has 0 aliphatic carbocycles. The van der Waals surface area contributed by atoms with E-state index in [2.05, 4.69) is 15.6 Å². The standard InChI is InChI=1S/C30H23ClN4O5/c1-15(36)40-19-9-7-18(8-10-19)35-27(37)25-24(12-16-14-32-22-5-3-2-4-20(16)22)34-30(26(25)28(35)38)21-13-17(31)6-11-23(21)33-29(30)39/h2-11,13-14,24-26,32,34H,12H2,1H3,(H,33,39)/t24-,25-,26-,30+/m0/s1. The number of fused-ring (bicyclic) bond motifs is 5. The molecule has 40 heavy (non-hydrogen) atoms. The van der Waals surface area contributed by atoms with Crippen LogP contribution < -0.4 is 20.3 Å². The number of hydrogen-bond donors (Lipinski definition) is 3. The third kappa shape index (κ3) is 3.44. The van der Waals surface area contributed by atoms with Gasteiger partial charge in [-0.15, -0.1) is 0 Å². The summed E-state index contributed by atoms with van der Waals surface area (Å²) < 4.78 is 5.11. The van der Waals surface area contributed by atoms with E-state index in [0.29, 0.717) is 34.1 Å². The molecule has 0 bridgehead atoms. The fourth-order valence-corrected chi connectivity index (χ4v) is 6.74. The molecular weight excluding hydrogens is 532 g/mol. The van der Waals surface area contributed by atoms with Crippen LogP contribution in [0.4, 0.5) is 11.4 Å². The van der Waals surface area contributed by atoms with Crippen LogP contribution in [0.3, 0.4) is 0 Å². The van der Waals surface area contributed by atoms with E-state index in [1.165, 1.54) is 19.1 Å². The lowest BCUT2D eigenvalue weighted by atomic mass is 9.76. The molecule has 0 radical (unpaired) electrons. The number of aromatic nitrogens is 1. The molecule has 2 fully saturated rings. The third-order valence-electron chi connectivity index (χ3n) is 8.15. The number of para-hydroxylation sites is 1. The van der Waals surface area contributed by atoms with Crippen LogP contribution in [-0.4, -0.2) is 34.7 Å². The number of nitrogens with one attached hydrogen (secondary N) is 3. The summed E-state index contributed by atoms with van der Waals surface area (Å²) in [6, 6.07) is 18.6. The first-order valence-electron chi connectivity index (χ1n) is 12.9. The van der Waals surface area contributed by atoms with Crippen molar-refractivity contribution in [3.63, 3.8) is 0 Å². The van der Waals surface area contributed by atoms with Crippen molar-refractivity contribution >= 4 is 57.6 Å². The Morgan fingerprint density at radius 3 is 2.58 bits per heavy atom. The highest BCUT2D eigenvalue weighted by Crippen LogP contribution is 2.54. The van der Waals surface area contributed by atoms with E-state index in [-0.39, 0.29) is 0 Å². The Morgan fingerprint density at radius 1 is 1.02 bits per heavy atom. The Bertz CT molecular complexity index is 1750. The van der Waals surface area contributed by atoms with Gasteiger partial charge in [-0.3, -0.25) is 24.5 Å². The van der Waals surface area contributed by atoms with E-state index in [1.807, 2.05) is 30.5 Å². The topological polar surface area (TPSA) is 121 Å². The molecule has 4 atom stereocenters. The van der Waals surface area contributed by atoms with E-state index < -0.39 is 47.1 Å². The lowest BCUT2D eigenvalue weighted by Gasteiger charge is -2.29. The van der Waals surface area contributed by atoms with Crippen LogP contribution >= 0.6 is 11.6 Å². The normalized spacial score (nSPS) is 25.0. The maximum atomic E-state index is 14.2. The molecule has 1 spiro atoms. The van der Waals surface area contributed by atoms with E-state index >= 15 is 0 Å². The highest BCUT2D eigenvalue weighted by molar-refractivity contribution is 6.31. The lowest BCUT2D eigenvalue weighted by molar-refractivity contribution is -0.132. The van der Waals surface area contributed by atoms with Crippen LogP contribution in [0, 0.1) is 11.8 Å². The number of carbonyl (C=O) groups excluding carboxylic acids is 4. The molecule has 10 heteroatoms. The summed E-state index contributed by atoms with van der Waals surface area (Å²) in [6.45, 7) is 1.29. The summed E-state index contributed by atoms with van der Waals surface area (Å²) in [7, 11) is 0. The van der Waals surface area contributed by atoms with Gasteiger partial charge in [-0.1, -0.05) is 29.8 Å². The first kappa shape index (κ1) is 24.6. The zero-order chi connectivity index (χ0) is 27.8. The van der Waals surface area contributed by atoms with Crippen molar-refractivity contribution in [2.24, 2.45) is 11.8 Å². The van der Waals surface area contributed by atoms with Crippen molar-refractivity contribution in [3.8, 4) is 5.75 Å². The van der Waals surface area contributed by atoms with Gasteiger partial charge >= 0.3 is 5.97 Å². The molecule has 7 rings (SSSR count). The van der Waals surface area contributed by atoms with Gasteiger partial charge in [-0.2, -0.15) is 0 Å². The minimum atomic E-state index is -1.47. The number of carbonyl (C=O) groups is 4. The number of hydrogen-bond acceptors (Lipinski definition) is 6. The van der Waals surface area contributed by atoms with E-state index in [9.17, 15) is 19.2 Å². The lowest BCUT2D eigenvalue weighted by Crippen LogP contribution is -2.53. The molecule has 2 saturated heterocycles. The summed E-state index contributed by atoms with van der Waals surface area (Å²) >= 11 is 6.36. The Hall–Kier alpha value is -4.47. The first-order chi connectivity index (χ1) is 19.3. The van der Waals surface area contributed by atoms with Gasteiger partial charge in [0.05, 0.1) is 17.5 Å². The van der Waals surface area contributed by atoms with Gasteiger partial charge in [-0.25, -0.2) is 4.90 Å². The van der Waals surface area contributed by atoms with E-state index in [1.54, 1.807) is 30.3 Å². The summed E-state index contributed by atoms with van der Waals surface area (Å²) in [6.07, 6.45) is 2.31. The number of imide groups is 1. The monoisotopic (exact) mass is 554 g/mol. The van der Waals surface area contributed by atoms with Crippen molar-refractivity contribution in [3.05, 3.63) is 89.1 Å². The minimum Gasteiger partial charge on any atom is -0.427 e. The van der Waals surface area contributed by atoms with Crippen LogP contribution in [0.25, 0.3) is 10.9 Å². The Balaban J connectivity index is 1.34. The second-order valence-corrected chi connectivity index (χ2v) is 10.8. The van der Waals surface area contributed by atoms with E-state index in [0.717, 1.165) is 21.4 Å². The molecule has 3 aliphatic heterocycles. The molecule has 3 aliphatic rings. The molecule has 3 aromatic carbocycles. The predicted molar refractivity (Wildman–Crippen MR) is 148 cm³/mol. The Labute approximate surface area is 233 Å². The Kier molecular flexibility index (Phi) is 5.39. The SMILES string of the molecule is CC(=O)Oc1ccc(N2C(=O)[C@H]3[C@H](Cc4c[nH]c5ccccc45)N[C@@]4(C(=O)Nc5ccc(Cl)cc54)[C@@H]3C2=O)cc1. The summed E-state index contributed by atoms with van der Waals surface area (Å²) in [4.78, 5) is 57.8. The largest absolute Gasteiger partial charge is 0.427 e. The smallest absolute Gasteiger partial charge is 0.308 e. The van der Waals surface area contributed by atoms with Crippen LogP contribution in [0.5, 0.6) is 5.75 Å². The summed E-state index contributed by atoms with van der Waals surface area (Å²) in [5.41, 5.74) is 1.90. The van der Waals surface area contributed by atoms with E-state index in [4.69, 9.17) is 16.3 Å². The van der Waals surface area contributed by atoms with Gasteiger partial charge in [0.15, 0.2) is 0 Å². The molecule has 3 N–H and O–H groups in total. The number of benzene rings is 3. The maximum absolute atomic E-state index is 14.2. The van der Waals surface area contributed by atoms with Crippen LogP contribution in [-0.2, 0) is 31.1 Å². The van der Waals surface area contributed by atoms with Gasteiger partial charge in [0.2, 0.25) is 17.7 Å². The quantitative estimate of drug-likeness (QED) is 0.200.